The molecule has 0 bridgehead atoms. The van der Waals surface area contributed by atoms with Gasteiger partial charge in [-0.15, -0.1) is 0 Å². The molecule has 1 aromatic rings. The number of benzene rings is 1. The van der Waals surface area contributed by atoms with Gasteiger partial charge in [0, 0.05) is 19.6 Å². The number of nitrogens with one attached hydrogen (secondary N) is 1. The number of hydrogen-bond donors (Lipinski definition) is 1. The second-order valence-electron chi connectivity index (χ2n) is 5.41. The van der Waals surface area contributed by atoms with Crippen LogP contribution in [0.25, 0.3) is 0 Å². The summed E-state index contributed by atoms with van der Waals surface area (Å²) in [5.41, 5.74) is 2.63. The van der Waals surface area contributed by atoms with Crippen molar-refractivity contribution in [1.82, 2.24) is 10.2 Å². The molecular formula is C16H26N2O. The molecular weight excluding hydrogens is 236 g/mol. The van der Waals surface area contributed by atoms with Gasteiger partial charge in [0.25, 0.3) is 0 Å². The standard InChI is InChI=1S/C16H26N2O/c1-3-17-12-14-5-4-6-15(11-14)13-19-16-7-9-18(2)10-8-16/h4-6,11,16-17H,3,7-10,12-13H2,1-2H3. The fraction of sp³-hybridized carbons (Fsp3) is 0.625. The lowest BCUT2D eigenvalue weighted by molar-refractivity contribution is 0.00211. The van der Waals surface area contributed by atoms with Crippen LogP contribution in [0.3, 0.4) is 0 Å². The van der Waals surface area contributed by atoms with E-state index in [9.17, 15) is 0 Å². The molecule has 0 radical (unpaired) electrons. The van der Waals surface area contributed by atoms with Crippen molar-refractivity contribution in [3.05, 3.63) is 35.4 Å². The SMILES string of the molecule is CCNCc1cccc(COC2CCN(C)CC2)c1. The van der Waals surface area contributed by atoms with Crippen molar-refractivity contribution in [3.63, 3.8) is 0 Å². The van der Waals surface area contributed by atoms with Crippen LogP contribution >= 0.6 is 0 Å². The van der Waals surface area contributed by atoms with Gasteiger partial charge >= 0.3 is 0 Å². The van der Waals surface area contributed by atoms with E-state index in [4.69, 9.17) is 4.74 Å². The molecule has 1 N–H and O–H groups in total. The molecule has 1 saturated heterocycles. The third-order valence-electron chi connectivity index (χ3n) is 3.72. The van der Waals surface area contributed by atoms with Gasteiger partial charge in [0.1, 0.15) is 0 Å². The Kier molecular flexibility index (Phi) is 5.83. The molecule has 0 aliphatic carbocycles. The van der Waals surface area contributed by atoms with Gasteiger partial charge in [-0.1, -0.05) is 31.2 Å². The zero-order valence-electron chi connectivity index (χ0n) is 12.2. The van der Waals surface area contributed by atoms with E-state index in [0.29, 0.717) is 6.10 Å². The summed E-state index contributed by atoms with van der Waals surface area (Å²) in [6.07, 6.45) is 2.76. The van der Waals surface area contributed by atoms with Crippen LogP contribution in [0.1, 0.15) is 30.9 Å². The summed E-state index contributed by atoms with van der Waals surface area (Å²) in [4.78, 5) is 2.37. The molecule has 0 atom stereocenters. The first-order valence-corrected chi connectivity index (χ1v) is 7.36. The minimum Gasteiger partial charge on any atom is -0.373 e. The molecule has 1 aliphatic rings. The van der Waals surface area contributed by atoms with Crippen molar-refractivity contribution in [2.24, 2.45) is 0 Å². The summed E-state index contributed by atoms with van der Waals surface area (Å²) >= 11 is 0. The number of likely N-dealkylation sites (tertiary alicyclic amines) is 1. The zero-order valence-corrected chi connectivity index (χ0v) is 12.2. The summed E-state index contributed by atoms with van der Waals surface area (Å²) < 4.78 is 6.03. The van der Waals surface area contributed by atoms with Crippen molar-refractivity contribution in [2.75, 3.05) is 26.7 Å². The minimum absolute atomic E-state index is 0.439. The third kappa shape index (κ3) is 4.94. The summed E-state index contributed by atoms with van der Waals surface area (Å²) in [5.74, 6) is 0. The number of hydrogen-bond acceptors (Lipinski definition) is 3. The lowest BCUT2D eigenvalue weighted by Crippen LogP contribution is -2.34. The molecule has 1 heterocycles. The number of ether oxygens (including phenoxy) is 1. The van der Waals surface area contributed by atoms with E-state index >= 15 is 0 Å². The number of piperidine rings is 1. The van der Waals surface area contributed by atoms with Crippen molar-refractivity contribution < 1.29 is 4.74 Å². The summed E-state index contributed by atoms with van der Waals surface area (Å²) in [7, 11) is 2.18. The Hall–Kier alpha value is -0.900. The molecule has 1 aliphatic heterocycles. The maximum Gasteiger partial charge on any atom is 0.0720 e. The van der Waals surface area contributed by atoms with Gasteiger partial charge in [-0.2, -0.15) is 0 Å². The second-order valence-corrected chi connectivity index (χ2v) is 5.41. The topological polar surface area (TPSA) is 24.5 Å². The van der Waals surface area contributed by atoms with Gasteiger partial charge in [0.15, 0.2) is 0 Å². The van der Waals surface area contributed by atoms with Crippen molar-refractivity contribution >= 4 is 0 Å². The molecule has 19 heavy (non-hydrogen) atoms. The van der Waals surface area contributed by atoms with Crippen LogP contribution < -0.4 is 5.32 Å². The fourth-order valence-corrected chi connectivity index (χ4v) is 2.46. The van der Waals surface area contributed by atoms with Crippen molar-refractivity contribution in [2.45, 2.75) is 39.0 Å². The Labute approximate surface area is 116 Å². The third-order valence-corrected chi connectivity index (χ3v) is 3.72. The first kappa shape index (κ1) is 14.5. The molecule has 106 valence electrons. The van der Waals surface area contributed by atoms with Crippen LogP contribution in [0, 0.1) is 0 Å². The van der Waals surface area contributed by atoms with Gasteiger partial charge in [-0.3, -0.25) is 0 Å². The maximum atomic E-state index is 6.03. The van der Waals surface area contributed by atoms with Crippen molar-refractivity contribution in [3.8, 4) is 0 Å². The largest absolute Gasteiger partial charge is 0.373 e. The second kappa shape index (κ2) is 7.63. The van der Waals surface area contributed by atoms with Gasteiger partial charge < -0.3 is 15.0 Å². The van der Waals surface area contributed by atoms with E-state index in [1.807, 2.05) is 0 Å². The fourth-order valence-electron chi connectivity index (χ4n) is 2.46. The van der Waals surface area contributed by atoms with E-state index in [0.717, 1.165) is 45.6 Å². The molecule has 1 fully saturated rings. The van der Waals surface area contributed by atoms with Crippen LogP contribution in [-0.2, 0) is 17.9 Å². The first-order chi connectivity index (χ1) is 9.28. The van der Waals surface area contributed by atoms with Gasteiger partial charge in [0.2, 0.25) is 0 Å². The van der Waals surface area contributed by atoms with Gasteiger partial charge in [-0.05, 0) is 37.6 Å². The number of nitrogens with zero attached hydrogens (tertiary/aromatic N) is 1. The Balaban J connectivity index is 1.78. The maximum absolute atomic E-state index is 6.03. The van der Waals surface area contributed by atoms with Crippen molar-refractivity contribution in [1.29, 1.82) is 0 Å². The van der Waals surface area contributed by atoms with E-state index in [1.54, 1.807) is 0 Å². The van der Waals surface area contributed by atoms with E-state index in [2.05, 4.69) is 48.5 Å². The lowest BCUT2D eigenvalue weighted by Gasteiger charge is -2.28. The summed E-state index contributed by atoms with van der Waals surface area (Å²) in [6.45, 7) is 7.15. The Morgan fingerprint density at radius 2 is 2.00 bits per heavy atom. The Morgan fingerprint density at radius 1 is 1.26 bits per heavy atom. The predicted octanol–water partition coefficient (Wildman–Crippen LogP) is 2.41. The molecule has 2 rings (SSSR count). The van der Waals surface area contributed by atoms with E-state index in [1.165, 1.54) is 11.1 Å². The van der Waals surface area contributed by atoms with Gasteiger partial charge in [0.05, 0.1) is 12.7 Å². The molecule has 3 heteroatoms. The van der Waals surface area contributed by atoms with E-state index < -0.39 is 0 Å². The normalized spacial score (nSPS) is 17.8. The van der Waals surface area contributed by atoms with E-state index in [-0.39, 0.29) is 0 Å². The Bertz CT molecular complexity index is 373. The minimum atomic E-state index is 0.439. The lowest BCUT2D eigenvalue weighted by atomic mass is 10.1. The quantitative estimate of drug-likeness (QED) is 0.852. The molecule has 3 nitrogen and oxygen atoms in total. The highest BCUT2D eigenvalue weighted by Gasteiger charge is 2.16. The average molecular weight is 262 g/mol. The highest BCUT2D eigenvalue weighted by atomic mass is 16.5. The molecule has 0 spiro atoms. The average Bonchev–Trinajstić information content (AvgIpc) is 2.45. The molecule has 0 saturated carbocycles. The molecule has 0 aromatic heterocycles. The van der Waals surface area contributed by atoms with Crippen LogP contribution in [0.5, 0.6) is 0 Å². The summed E-state index contributed by atoms with van der Waals surface area (Å²) in [6, 6.07) is 8.70. The first-order valence-electron chi connectivity index (χ1n) is 7.36. The molecule has 0 unspecified atom stereocenters. The zero-order chi connectivity index (χ0) is 13.5. The van der Waals surface area contributed by atoms with Crippen LogP contribution in [0.4, 0.5) is 0 Å². The summed E-state index contributed by atoms with van der Waals surface area (Å²) in [5, 5.41) is 3.36. The smallest absolute Gasteiger partial charge is 0.0720 e. The molecule has 1 aromatic carbocycles. The van der Waals surface area contributed by atoms with Crippen LogP contribution in [0.2, 0.25) is 0 Å². The predicted molar refractivity (Wildman–Crippen MR) is 79.1 cm³/mol. The van der Waals surface area contributed by atoms with Crippen LogP contribution in [0.15, 0.2) is 24.3 Å². The highest BCUT2D eigenvalue weighted by Crippen LogP contribution is 2.15. The van der Waals surface area contributed by atoms with Gasteiger partial charge in [-0.25, -0.2) is 0 Å². The monoisotopic (exact) mass is 262 g/mol. The van der Waals surface area contributed by atoms with Crippen LogP contribution in [-0.4, -0.2) is 37.7 Å². The number of rotatable bonds is 6. The Morgan fingerprint density at radius 3 is 2.74 bits per heavy atom. The molecule has 0 amide bonds. The highest BCUT2D eigenvalue weighted by molar-refractivity contribution is 5.22.